The van der Waals surface area contributed by atoms with Gasteiger partial charge in [0.1, 0.15) is 4.90 Å². The number of nitrogens with zero attached hydrogens (tertiary/aromatic N) is 1. The van der Waals surface area contributed by atoms with Crippen molar-refractivity contribution in [3.8, 4) is 0 Å². The first-order valence-corrected chi connectivity index (χ1v) is 8.33. The molecule has 4 N–H and O–H groups in total. The molecule has 114 valence electrons. The first kappa shape index (κ1) is 16.3. The zero-order valence-corrected chi connectivity index (χ0v) is 13.3. The zero-order chi connectivity index (χ0) is 15.5. The van der Waals surface area contributed by atoms with E-state index in [-0.39, 0.29) is 23.0 Å². The van der Waals surface area contributed by atoms with E-state index in [1.807, 2.05) is 0 Å². The van der Waals surface area contributed by atoms with Crippen LogP contribution in [0.2, 0.25) is 10.0 Å². The molecule has 6 nitrogen and oxygen atoms in total. The minimum absolute atomic E-state index is 0.0290. The summed E-state index contributed by atoms with van der Waals surface area (Å²) < 4.78 is 27.0. The highest BCUT2D eigenvalue weighted by Crippen LogP contribution is 2.28. The number of aromatic nitrogens is 2. The molecule has 0 fully saturated rings. The number of benzene rings is 1. The third-order valence-electron chi connectivity index (χ3n) is 2.85. The fourth-order valence-corrected chi connectivity index (χ4v) is 3.66. The van der Waals surface area contributed by atoms with E-state index in [2.05, 4.69) is 14.7 Å². The smallest absolute Gasteiger partial charge is 0.242 e. The van der Waals surface area contributed by atoms with E-state index in [0.29, 0.717) is 17.0 Å². The lowest BCUT2D eigenvalue weighted by Crippen LogP contribution is -2.26. The molecule has 0 radical (unpaired) electrons. The summed E-state index contributed by atoms with van der Waals surface area (Å²) in [6.07, 6.45) is 3.66. The minimum Gasteiger partial charge on any atom is -0.348 e. The van der Waals surface area contributed by atoms with Crippen LogP contribution in [0.4, 0.5) is 0 Å². The number of imidazole rings is 1. The molecular weight excluding hydrogens is 335 g/mol. The van der Waals surface area contributed by atoms with Gasteiger partial charge in [-0.1, -0.05) is 23.2 Å². The van der Waals surface area contributed by atoms with Gasteiger partial charge < -0.3 is 10.7 Å². The van der Waals surface area contributed by atoms with Crippen molar-refractivity contribution in [2.45, 2.75) is 17.9 Å². The number of nitrogens with two attached hydrogens (primary N) is 1. The van der Waals surface area contributed by atoms with Gasteiger partial charge in [0, 0.05) is 36.4 Å². The van der Waals surface area contributed by atoms with Gasteiger partial charge in [0.15, 0.2) is 0 Å². The molecule has 0 aliphatic carbocycles. The normalized spacial score (nSPS) is 11.8. The standard InChI is InChI=1S/C12H14Cl2N4O2S/c13-10-4-11(14)12(3-8(10)5-15)21(19,20)18-2-1-9-6-16-7-17-9/h3-4,6-7,18H,1-2,5,15H2,(H,16,17). The van der Waals surface area contributed by atoms with E-state index < -0.39 is 10.0 Å². The van der Waals surface area contributed by atoms with Crippen LogP contribution in [-0.4, -0.2) is 24.9 Å². The highest BCUT2D eigenvalue weighted by molar-refractivity contribution is 7.89. The molecule has 0 saturated heterocycles. The summed E-state index contributed by atoms with van der Waals surface area (Å²) in [7, 11) is -3.72. The zero-order valence-electron chi connectivity index (χ0n) is 10.9. The Bertz CT molecular complexity index is 717. The lowest BCUT2D eigenvalue weighted by molar-refractivity contribution is 0.581. The van der Waals surface area contributed by atoms with Crippen LogP contribution in [0.1, 0.15) is 11.3 Å². The Hall–Kier alpha value is -1.12. The lowest BCUT2D eigenvalue weighted by atomic mass is 10.2. The molecule has 0 saturated carbocycles. The van der Waals surface area contributed by atoms with Crippen molar-refractivity contribution in [3.05, 3.63) is 46.0 Å². The molecular formula is C12H14Cl2N4O2S. The van der Waals surface area contributed by atoms with Gasteiger partial charge in [0.25, 0.3) is 0 Å². The fourth-order valence-electron chi connectivity index (χ4n) is 1.75. The molecule has 1 aromatic heterocycles. The number of hydrogen-bond donors (Lipinski definition) is 3. The monoisotopic (exact) mass is 348 g/mol. The average molecular weight is 349 g/mol. The van der Waals surface area contributed by atoms with Crippen LogP contribution in [0.5, 0.6) is 0 Å². The van der Waals surface area contributed by atoms with Crippen LogP contribution in [0.3, 0.4) is 0 Å². The van der Waals surface area contributed by atoms with Crippen molar-refractivity contribution >= 4 is 33.2 Å². The van der Waals surface area contributed by atoms with Crippen LogP contribution in [0.15, 0.2) is 29.6 Å². The predicted octanol–water partition coefficient (Wildman–Crippen LogP) is 1.70. The number of halogens is 2. The van der Waals surface area contributed by atoms with Crippen molar-refractivity contribution in [1.29, 1.82) is 0 Å². The summed E-state index contributed by atoms with van der Waals surface area (Å²) in [6.45, 7) is 0.355. The molecule has 9 heteroatoms. The topological polar surface area (TPSA) is 101 Å². The highest BCUT2D eigenvalue weighted by atomic mass is 35.5. The Morgan fingerprint density at radius 1 is 1.29 bits per heavy atom. The summed E-state index contributed by atoms with van der Waals surface area (Å²) in [5.74, 6) is 0. The van der Waals surface area contributed by atoms with Crippen LogP contribution in [0.25, 0.3) is 0 Å². The molecule has 2 rings (SSSR count). The lowest BCUT2D eigenvalue weighted by Gasteiger charge is -2.10. The molecule has 1 aromatic carbocycles. The summed E-state index contributed by atoms with van der Waals surface area (Å²) in [5, 5.41) is 0.408. The maximum atomic E-state index is 12.3. The molecule has 0 bridgehead atoms. The van der Waals surface area contributed by atoms with Gasteiger partial charge in [-0.2, -0.15) is 0 Å². The number of hydrogen-bond acceptors (Lipinski definition) is 4. The van der Waals surface area contributed by atoms with Crippen molar-refractivity contribution in [3.63, 3.8) is 0 Å². The first-order valence-electron chi connectivity index (χ1n) is 6.09. The van der Waals surface area contributed by atoms with Gasteiger partial charge in [-0.3, -0.25) is 0 Å². The predicted molar refractivity (Wildman–Crippen MR) is 81.8 cm³/mol. The summed E-state index contributed by atoms with van der Waals surface area (Å²) in [4.78, 5) is 6.72. The SMILES string of the molecule is NCc1cc(S(=O)(=O)NCCc2cnc[nH]2)c(Cl)cc1Cl. The number of sulfonamides is 1. The number of H-pyrrole nitrogens is 1. The molecule has 1 heterocycles. The average Bonchev–Trinajstić information content (AvgIpc) is 2.91. The Balaban J connectivity index is 2.15. The maximum Gasteiger partial charge on any atom is 0.242 e. The molecule has 2 aromatic rings. The number of nitrogens with one attached hydrogen (secondary N) is 2. The molecule has 0 atom stereocenters. The third kappa shape index (κ3) is 3.96. The summed E-state index contributed by atoms with van der Waals surface area (Å²) in [5.41, 5.74) is 6.88. The van der Waals surface area contributed by atoms with E-state index >= 15 is 0 Å². The summed E-state index contributed by atoms with van der Waals surface area (Å²) in [6, 6.07) is 2.78. The van der Waals surface area contributed by atoms with Crippen molar-refractivity contribution in [2.75, 3.05) is 6.54 Å². The molecule has 0 amide bonds. The van der Waals surface area contributed by atoms with E-state index in [1.54, 1.807) is 6.20 Å². The second-order valence-corrected chi connectivity index (χ2v) is 6.85. The third-order valence-corrected chi connectivity index (χ3v) is 5.13. The second-order valence-electron chi connectivity index (χ2n) is 4.30. The van der Waals surface area contributed by atoms with Crippen LogP contribution in [0, 0.1) is 0 Å². The van der Waals surface area contributed by atoms with E-state index in [1.165, 1.54) is 18.5 Å². The van der Waals surface area contributed by atoms with Crippen molar-refractivity contribution in [2.24, 2.45) is 5.73 Å². The molecule has 0 unspecified atom stereocenters. The Kier molecular flexibility index (Phi) is 5.23. The van der Waals surface area contributed by atoms with Gasteiger partial charge in [-0.25, -0.2) is 18.1 Å². The summed E-state index contributed by atoms with van der Waals surface area (Å²) >= 11 is 11.9. The Morgan fingerprint density at radius 3 is 2.67 bits per heavy atom. The first-order chi connectivity index (χ1) is 9.94. The van der Waals surface area contributed by atoms with Crippen LogP contribution >= 0.6 is 23.2 Å². The van der Waals surface area contributed by atoms with Gasteiger partial charge in [-0.15, -0.1) is 0 Å². The number of aromatic amines is 1. The van der Waals surface area contributed by atoms with Gasteiger partial charge in [-0.05, 0) is 17.7 Å². The van der Waals surface area contributed by atoms with Gasteiger partial charge >= 0.3 is 0 Å². The van der Waals surface area contributed by atoms with Crippen molar-refractivity contribution in [1.82, 2.24) is 14.7 Å². The quantitative estimate of drug-likeness (QED) is 0.739. The van der Waals surface area contributed by atoms with Crippen LogP contribution in [-0.2, 0) is 23.0 Å². The molecule has 21 heavy (non-hydrogen) atoms. The Morgan fingerprint density at radius 2 is 2.05 bits per heavy atom. The Labute approximate surface area is 132 Å². The fraction of sp³-hybridized carbons (Fsp3) is 0.250. The van der Waals surface area contributed by atoms with Crippen molar-refractivity contribution < 1.29 is 8.42 Å². The maximum absolute atomic E-state index is 12.3. The number of rotatable bonds is 6. The van der Waals surface area contributed by atoms with E-state index in [4.69, 9.17) is 28.9 Å². The molecule has 0 spiro atoms. The van der Waals surface area contributed by atoms with E-state index in [0.717, 1.165) is 5.69 Å². The van der Waals surface area contributed by atoms with Crippen LogP contribution < -0.4 is 10.5 Å². The molecule has 0 aliphatic rings. The van der Waals surface area contributed by atoms with Gasteiger partial charge in [0.2, 0.25) is 10.0 Å². The molecule has 0 aliphatic heterocycles. The largest absolute Gasteiger partial charge is 0.348 e. The minimum atomic E-state index is -3.72. The second kappa shape index (κ2) is 6.76. The van der Waals surface area contributed by atoms with E-state index in [9.17, 15) is 8.42 Å². The van der Waals surface area contributed by atoms with Gasteiger partial charge in [0.05, 0.1) is 11.3 Å². The highest BCUT2D eigenvalue weighted by Gasteiger charge is 2.19.